The molecule has 0 saturated carbocycles. The molecule has 0 radical (unpaired) electrons. The molecule has 2 fully saturated rings. The van der Waals surface area contributed by atoms with Gasteiger partial charge >= 0.3 is 0 Å². The van der Waals surface area contributed by atoms with Crippen molar-refractivity contribution in [3.05, 3.63) is 77.2 Å². The van der Waals surface area contributed by atoms with Crippen LogP contribution in [0.15, 0.2) is 54.6 Å². The van der Waals surface area contributed by atoms with Gasteiger partial charge in [-0.1, -0.05) is 31.5 Å². The van der Waals surface area contributed by atoms with E-state index in [0.717, 1.165) is 74.8 Å². The van der Waals surface area contributed by atoms with Crippen molar-refractivity contribution < 1.29 is 9.13 Å². The lowest BCUT2D eigenvalue weighted by Gasteiger charge is -2.53. The lowest BCUT2D eigenvalue weighted by molar-refractivity contribution is 0.0968. The predicted molar refractivity (Wildman–Crippen MR) is 161 cm³/mol. The van der Waals surface area contributed by atoms with Gasteiger partial charge in [0.1, 0.15) is 17.6 Å². The van der Waals surface area contributed by atoms with Crippen LogP contribution < -0.4 is 15.0 Å². The molecule has 2 saturated heterocycles. The normalized spacial score (nSPS) is 24.3. The first kappa shape index (κ1) is 27.7. The van der Waals surface area contributed by atoms with E-state index in [9.17, 15) is 9.65 Å². The van der Waals surface area contributed by atoms with Gasteiger partial charge in [0.2, 0.25) is 0 Å². The minimum Gasteiger partial charge on any atom is -0.493 e. The van der Waals surface area contributed by atoms with E-state index in [1.54, 1.807) is 6.07 Å². The smallest absolute Gasteiger partial charge is 0.128 e. The van der Waals surface area contributed by atoms with E-state index in [1.165, 1.54) is 36.2 Å². The number of para-hydroxylation sites is 1. The van der Waals surface area contributed by atoms with Crippen molar-refractivity contribution >= 4 is 5.69 Å². The molecule has 0 bridgehead atoms. The van der Waals surface area contributed by atoms with Gasteiger partial charge < -0.3 is 15.0 Å². The van der Waals surface area contributed by atoms with Gasteiger partial charge in [0.05, 0.1) is 29.2 Å². The van der Waals surface area contributed by atoms with Crippen molar-refractivity contribution in [1.82, 2.24) is 15.2 Å². The van der Waals surface area contributed by atoms with Crippen molar-refractivity contribution in [3.63, 3.8) is 0 Å². The maximum atomic E-state index is 13.9. The Balaban J connectivity index is 1.38. The molecule has 6 nitrogen and oxygen atoms in total. The average Bonchev–Trinajstić information content (AvgIpc) is 3.50. The van der Waals surface area contributed by atoms with Crippen LogP contribution in [0, 0.1) is 23.1 Å². The highest BCUT2D eigenvalue weighted by Crippen LogP contribution is 2.48. The second-order valence-corrected chi connectivity index (χ2v) is 11.8. The summed E-state index contributed by atoms with van der Waals surface area (Å²) in [6.07, 6.45) is 4.44. The standard InChI is InChI=1S/C34H40FN5O/c1-3-25-20-40(32-14-11-26(35)18-24(32)19-36)17-15-34(25)23-39(21-27-8-7-16-37-27)22-31-29(34)12-13-30(38-31)28-9-5-6-10-33(28)41-4-2/h5-6,9-14,18,25,27,37H,3-4,7-8,15-17,20-23H2,1-2H3/t25-,27-,34+/m1/s1. The van der Waals surface area contributed by atoms with Crippen LogP contribution in [0.2, 0.25) is 0 Å². The van der Waals surface area contributed by atoms with Crippen LogP contribution in [0.5, 0.6) is 5.75 Å². The number of anilines is 1. The average molecular weight is 554 g/mol. The van der Waals surface area contributed by atoms with Gasteiger partial charge in [0.15, 0.2) is 0 Å². The van der Waals surface area contributed by atoms with Crippen LogP contribution in [0.25, 0.3) is 11.3 Å². The van der Waals surface area contributed by atoms with Gasteiger partial charge in [-0.05, 0) is 80.6 Å². The molecule has 3 atom stereocenters. The lowest BCUT2D eigenvalue weighted by Crippen LogP contribution is -2.58. The molecule has 214 valence electrons. The molecule has 7 heteroatoms. The zero-order valence-electron chi connectivity index (χ0n) is 24.2. The Morgan fingerprint density at radius 1 is 1.17 bits per heavy atom. The first-order chi connectivity index (χ1) is 20.0. The summed E-state index contributed by atoms with van der Waals surface area (Å²) in [5.41, 5.74) is 5.75. The van der Waals surface area contributed by atoms with Gasteiger partial charge in [-0.25, -0.2) is 4.39 Å². The third kappa shape index (κ3) is 5.31. The second kappa shape index (κ2) is 11.8. The molecule has 1 spiro atoms. The van der Waals surface area contributed by atoms with E-state index in [2.05, 4.69) is 46.3 Å². The number of nitrogens with one attached hydrogen (secondary N) is 1. The number of aromatic nitrogens is 1. The number of rotatable bonds is 7. The van der Waals surface area contributed by atoms with Gasteiger partial charge in [-0.3, -0.25) is 9.88 Å². The number of hydrogen-bond donors (Lipinski definition) is 1. The van der Waals surface area contributed by atoms with Gasteiger partial charge in [-0.15, -0.1) is 0 Å². The summed E-state index contributed by atoms with van der Waals surface area (Å²) in [6.45, 7) is 10.5. The summed E-state index contributed by atoms with van der Waals surface area (Å²) in [5.74, 6) is 0.873. The summed E-state index contributed by atoms with van der Waals surface area (Å²) < 4.78 is 19.9. The van der Waals surface area contributed by atoms with Gasteiger partial charge in [-0.2, -0.15) is 5.26 Å². The van der Waals surface area contributed by atoms with Crippen molar-refractivity contribution in [2.24, 2.45) is 5.92 Å². The van der Waals surface area contributed by atoms with Crippen molar-refractivity contribution in [2.45, 2.75) is 57.5 Å². The van der Waals surface area contributed by atoms with E-state index in [4.69, 9.17) is 9.72 Å². The second-order valence-electron chi connectivity index (χ2n) is 11.8. The zero-order valence-corrected chi connectivity index (χ0v) is 24.2. The van der Waals surface area contributed by atoms with Crippen LogP contribution in [0.3, 0.4) is 0 Å². The molecule has 6 rings (SSSR count). The molecular formula is C34H40FN5O. The molecular weight excluding hydrogens is 513 g/mol. The topological polar surface area (TPSA) is 64.4 Å². The van der Waals surface area contributed by atoms with Crippen LogP contribution >= 0.6 is 0 Å². The van der Waals surface area contributed by atoms with Gasteiger partial charge in [0, 0.05) is 49.7 Å². The summed E-state index contributed by atoms with van der Waals surface area (Å²) in [7, 11) is 0. The molecule has 3 aromatic rings. The van der Waals surface area contributed by atoms with Crippen LogP contribution in [0.1, 0.15) is 56.4 Å². The number of nitrogens with zero attached hydrogens (tertiary/aromatic N) is 4. The Hall–Kier alpha value is -3.47. The summed E-state index contributed by atoms with van der Waals surface area (Å²) >= 11 is 0. The third-order valence-corrected chi connectivity index (χ3v) is 9.46. The van der Waals surface area contributed by atoms with Crippen molar-refractivity contribution in [2.75, 3.05) is 44.2 Å². The van der Waals surface area contributed by atoms with E-state index < -0.39 is 0 Å². The fraction of sp³-hybridized carbons (Fsp3) is 0.471. The quantitative estimate of drug-likeness (QED) is 0.393. The number of fused-ring (bicyclic) bond motifs is 2. The number of pyridine rings is 1. The van der Waals surface area contributed by atoms with E-state index in [1.807, 2.05) is 25.1 Å². The number of nitriles is 1. The Morgan fingerprint density at radius 3 is 2.83 bits per heavy atom. The summed E-state index contributed by atoms with van der Waals surface area (Å²) in [6, 6.07) is 20.0. The molecule has 4 heterocycles. The molecule has 1 aromatic heterocycles. The number of piperidine rings is 1. The fourth-order valence-corrected chi connectivity index (χ4v) is 7.54. The molecule has 0 aliphatic carbocycles. The number of hydrogen-bond acceptors (Lipinski definition) is 6. The highest BCUT2D eigenvalue weighted by atomic mass is 19.1. The summed E-state index contributed by atoms with van der Waals surface area (Å²) in [5, 5.41) is 13.4. The third-order valence-electron chi connectivity index (χ3n) is 9.46. The van der Waals surface area contributed by atoms with Crippen molar-refractivity contribution in [3.8, 4) is 23.1 Å². The molecule has 2 aromatic carbocycles. The molecule has 0 unspecified atom stereocenters. The van der Waals surface area contributed by atoms with E-state index >= 15 is 0 Å². The van der Waals surface area contributed by atoms with Crippen molar-refractivity contribution in [1.29, 1.82) is 5.26 Å². The van der Waals surface area contributed by atoms with Crippen LogP contribution in [-0.2, 0) is 12.0 Å². The minimum atomic E-state index is -0.365. The molecule has 3 aliphatic heterocycles. The highest BCUT2D eigenvalue weighted by Gasteiger charge is 2.48. The Kier molecular flexibility index (Phi) is 7.96. The maximum Gasteiger partial charge on any atom is 0.128 e. The number of ether oxygens (including phenoxy) is 1. The van der Waals surface area contributed by atoms with E-state index in [-0.39, 0.29) is 11.2 Å². The lowest BCUT2D eigenvalue weighted by atomic mass is 9.62. The van der Waals surface area contributed by atoms with Crippen LogP contribution in [0.4, 0.5) is 10.1 Å². The first-order valence-electron chi connectivity index (χ1n) is 15.2. The van der Waals surface area contributed by atoms with Gasteiger partial charge in [0.25, 0.3) is 0 Å². The predicted octanol–water partition coefficient (Wildman–Crippen LogP) is 5.90. The largest absolute Gasteiger partial charge is 0.493 e. The molecule has 41 heavy (non-hydrogen) atoms. The first-order valence-corrected chi connectivity index (χ1v) is 15.2. The summed E-state index contributed by atoms with van der Waals surface area (Å²) in [4.78, 5) is 10.3. The Morgan fingerprint density at radius 2 is 2.05 bits per heavy atom. The monoisotopic (exact) mass is 553 g/mol. The van der Waals surface area contributed by atoms with E-state index in [0.29, 0.717) is 24.1 Å². The Labute approximate surface area is 243 Å². The number of benzene rings is 2. The van der Waals surface area contributed by atoms with Crippen LogP contribution in [-0.4, -0.2) is 55.3 Å². The zero-order chi connectivity index (χ0) is 28.4. The molecule has 1 N–H and O–H groups in total. The molecule has 3 aliphatic rings. The SMILES string of the molecule is CCOc1ccccc1-c1ccc2c(n1)CN(C[C@H]1CCCN1)C[C@]21CCN(c2ccc(F)cc2C#N)C[C@H]1CC. The number of halogens is 1. The maximum absolute atomic E-state index is 13.9. The minimum absolute atomic E-state index is 0.0325. The Bertz CT molecular complexity index is 1430. The fourth-order valence-electron chi connectivity index (χ4n) is 7.54. The highest BCUT2D eigenvalue weighted by molar-refractivity contribution is 5.68. The molecule has 0 amide bonds.